The van der Waals surface area contributed by atoms with Crippen molar-refractivity contribution in [1.29, 1.82) is 0 Å². The van der Waals surface area contributed by atoms with Crippen molar-refractivity contribution in [3.63, 3.8) is 0 Å². The molecule has 0 bridgehead atoms. The van der Waals surface area contributed by atoms with Crippen LogP contribution in [-0.4, -0.2) is 40.7 Å². The first-order valence-corrected chi connectivity index (χ1v) is 4.69. The van der Waals surface area contributed by atoms with Crippen LogP contribution < -0.4 is 0 Å². The largest absolute Gasteiger partial charge is 0.391 e. The van der Waals surface area contributed by atoms with Crippen LogP contribution in [0.4, 0.5) is 0 Å². The lowest BCUT2D eigenvalue weighted by Crippen LogP contribution is -2.18. The zero-order chi connectivity index (χ0) is 6.85. The van der Waals surface area contributed by atoms with Gasteiger partial charge in [0.2, 0.25) is 0 Å². The summed E-state index contributed by atoms with van der Waals surface area (Å²) in [5.41, 5.74) is 0. The fraction of sp³-hybridized carbons (Fsp3) is 1.00. The molecule has 0 aliphatic carbocycles. The summed E-state index contributed by atoms with van der Waals surface area (Å²) in [6.07, 6.45) is -0.0769. The zero-order valence-corrected chi connectivity index (χ0v) is 7.71. The molecule has 1 saturated heterocycles. The number of halogens is 1. The van der Waals surface area contributed by atoms with Gasteiger partial charge in [0.15, 0.2) is 0 Å². The molecule has 54 valence electrons. The van der Waals surface area contributed by atoms with Crippen LogP contribution in [0.3, 0.4) is 0 Å². The Bertz CT molecular complexity index is 99.1. The molecule has 1 N–H and O–H groups in total. The quantitative estimate of drug-likeness (QED) is 0.528. The minimum atomic E-state index is -0.0769. The highest BCUT2D eigenvalue weighted by Crippen LogP contribution is 2.16. The summed E-state index contributed by atoms with van der Waals surface area (Å²) >= 11 is 2.33. The standard InChI is InChI=1S/C6H12INO/c1-8-3-5(2-7)6(9)4-8/h5-6,9H,2-4H2,1H3/t5-,6+/m1/s1. The van der Waals surface area contributed by atoms with E-state index in [0.29, 0.717) is 5.92 Å². The van der Waals surface area contributed by atoms with Crippen LogP contribution >= 0.6 is 22.6 Å². The molecule has 1 aliphatic rings. The van der Waals surface area contributed by atoms with Gasteiger partial charge in [-0.15, -0.1) is 0 Å². The molecule has 1 fully saturated rings. The molecule has 0 unspecified atom stereocenters. The molecule has 1 rings (SSSR count). The van der Waals surface area contributed by atoms with Crippen molar-refractivity contribution in [1.82, 2.24) is 4.90 Å². The highest BCUT2D eigenvalue weighted by atomic mass is 127. The van der Waals surface area contributed by atoms with Crippen LogP contribution in [0.15, 0.2) is 0 Å². The summed E-state index contributed by atoms with van der Waals surface area (Å²) in [6, 6.07) is 0. The van der Waals surface area contributed by atoms with E-state index >= 15 is 0 Å². The maximum Gasteiger partial charge on any atom is 0.0714 e. The van der Waals surface area contributed by atoms with Gasteiger partial charge >= 0.3 is 0 Å². The Hall–Kier alpha value is 0.650. The summed E-state index contributed by atoms with van der Waals surface area (Å²) in [7, 11) is 2.05. The van der Waals surface area contributed by atoms with Gasteiger partial charge in [-0.3, -0.25) is 0 Å². The molecule has 0 aromatic rings. The van der Waals surface area contributed by atoms with Gasteiger partial charge in [-0.2, -0.15) is 0 Å². The lowest BCUT2D eigenvalue weighted by atomic mass is 10.1. The van der Waals surface area contributed by atoms with Gasteiger partial charge in [0, 0.05) is 23.4 Å². The van der Waals surface area contributed by atoms with Gasteiger partial charge in [-0.05, 0) is 7.05 Å². The number of nitrogens with zero attached hydrogens (tertiary/aromatic N) is 1. The van der Waals surface area contributed by atoms with Gasteiger partial charge < -0.3 is 10.0 Å². The van der Waals surface area contributed by atoms with Crippen molar-refractivity contribution in [2.24, 2.45) is 5.92 Å². The molecule has 1 heterocycles. The number of likely N-dealkylation sites (N-methyl/N-ethyl adjacent to an activating group) is 1. The van der Waals surface area contributed by atoms with E-state index in [9.17, 15) is 5.11 Å². The Labute approximate surface area is 69.4 Å². The van der Waals surface area contributed by atoms with Crippen LogP contribution in [0.2, 0.25) is 0 Å². The average molecular weight is 241 g/mol. The maximum absolute atomic E-state index is 9.31. The van der Waals surface area contributed by atoms with E-state index in [1.165, 1.54) is 0 Å². The number of aliphatic hydroxyl groups excluding tert-OH is 1. The third-order valence-electron chi connectivity index (χ3n) is 1.79. The number of hydrogen-bond acceptors (Lipinski definition) is 2. The van der Waals surface area contributed by atoms with Crippen molar-refractivity contribution in [3.8, 4) is 0 Å². The number of aliphatic hydroxyl groups is 1. The number of rotatable bonds is 1. The van der Waals surface area contributed by atoms with Crippen molar-refractivity contribution in [2.45, 2.75) is 6.10 Å². The molecule has 9 heavy (non-hydrogen) atoms. The highest BCUT2D eigenvalue weighted by Gasteiger charge is 2.27. The van der Waals surface area contributed by atoms with Crippen LogP contribution in [0, 0.1) is 5.92 Å². The molecule has 3 heteroatoms. The third-order valence-corrected chi connectivity index (χ3v) is 2.92. The molecule has 0 radical (unpaired) electrons. The predicted octanol–water partition coefficient (Wildman–Crippen LogP) is 0.344. The average Bonchev–Trinajstić information content (AvgIpc) is 2.10. The monoisotopic (exact) mass is 241 g/mol. The van der Waals surface area contributed by atoms with Gasteiger partial charge in [0.25, 0.3) is 0 Å². The van der Waals surface area contributed by atoms with Crippen LogP contribution in [0.25, 0.3) is 0 Å². The Balaban J connectivity index is 2.38. The predicted molar refractivity (Wildman–Crippen MR) is 45.9 cm³/mol. The number of hydrogen-bond donors (Lipinski definition) is 1. The summed E-state index contributed by atoms with van der Waals surface area (Å²) in [5, 5.41) is 9.31. The molecular weight excluding hydrogens is 229 g/mol. The minimum Gasteiger partial charge on any atom is -0.391 e. The van der Waals surface area contributed by atoms with E-state index in [1.807, 2.05) is 0 Å². The Morgan fingerprint density at radius 2 is 2.33 bits per heavy atom. The lowest BCUT2D eigenvalue weighted by molar-refractivity contribution is 0.153. The summed E-state index contributed by atoms with van der Waals surface area (Å²) < 4.78 is 1.07. The normalized spacial score (nSPS) is 37.7. The first-order valence-electron chi connectivity index (χ1n) is 3.16. The molecule has 0 aromatic heterocycles. The lowest BCUT2D eigenvalue weighted by Gasteiger charge is -2.06. The molecule has 2 atom stereocenters. The SMILES string of the molecule is CN1C[C@@H](CI)[C@@H](O)C1. The van der Waals surface area contributed by atoms with Gasteiger partial charge in [0.05, 0.1) is 6.10 Å². The second kappa shape index (κ2) is 3.16. The van der Waals surface area contributed by atoms with Crippen molar-refractivity contribution in [3.05, 3.63) is 0 Å². The topological polar surface area (TPSA) is 23.5 Å². The third kappa shape index (κ3) is 1.78. The number of likely N-dealkylation sites (tertiary alicyclic amines) is 1. The Kier molecular flexibility index (Phi) is 2.73. The first-order chi connectivity index (χ1) is 4.24. The van der Waals surface area contributed by atoms with E-state index in [0.717, 1.165) is 17.5 Å². The van der Waals surface area contributed by atoms with E-state index in [-0.39, 0.29) is 6.10 Å². The van der Waals surface area contributed by atoms with Crippen molar-refractivity contribution in [2.75, 3.05) is 24.6 Å². The van der Waals surface area contributed by atoms with Gasteiger partial charge in [-0.25, -0.2) is 0 Å². The molecule has 2 nitrogen and oxygen atoms in total. The van der Waals surface area contributed by atoms with Gasteiger partial charge in [-0.1, -0.05) is 22.6 Å². The highest BCUT2D eigenvalue weighted by molar-refractivity contribution is 14.1. The second-order valence-corrected chi connectivity index (χ2v) is 3.58. The first kappa shape index (κ1) is 7.75. The van der Waals surface area contributed by atoms with Crippen molar-refractivity contribution < 1.29 is 5.11 Å². The fourth-order valence-electron chi connectivity index (χ4n) is 1.22. The fourth-order valence-corrected chi connectivity index (χ4v) is 2.08. The Morgan fingerprint density at radius 1 is 1.67 bits per heavy atom. The van der Waals surface area contributed by atoms with E-state index in [1.54, 1.807) is 0 Å². The molecular formula is C6H12INO. The summed E-state index contributed by atoms with van der Waals surface area (Å²) in [5.74, 6) is 0.510. The number of alkyl halides is 1. The summed E-state index contributed by atoms with van der Waals surface area (Å²) in [4.78, 5) is 2.17. The second-order valence-electron chi connectivity index (χ2n) is 2.70. The van der Waals surface area contributed by atoms with E-state index < -0.39 is 0 Å². The summed E-state index contributed by atoms with van der Waals surface area (Å²) in [6.45, 7) is 1.91. The van der Waals surface area contributed by atoms with Gasteiger partial charge in [0.1, 0.15) is 0 Å². The van der Waals surface area contributed by atoms with E-state index in [2.05, 4.69) is 34.5 Å². The minimum absolute atomic E-state index is 0.0769. The van der Waals surface area contributed by atoms with E-state index in [4.69, 9.17) is 0 Å². The van der Waals surface area contributed by atoms with Crippen LogP contribution in [0.5, 0.6) is 0 Å². The van der Waals surface area contributed by atoms with Crippen LogP contribution in [0.1, 0.15) is 0 Å². The molecule has 1 aliphatic heterocycles. The Morgan fingerprint density at radius 3 is 2.56 bits per heavy atom. The molecule has 0 saturated carbocycles. The van der Waals surface area contributed by atoms with Crippen LogP contribution in [-0.2, 0) is 0 Å². The smallest absolute Gasteiger partial charge is 0.0714 e. The molecule has 0 amide bonds. The number of β-amino-alcohol motifs (C(OH)–C–C–N with tert-alkyl or cyclic N) is 1. The zero-order valence-electron chi connectivity index (χ0n) is 5.55. The van der Waals surface area contributed by atoms with Crippen molar-refractivity contribution >= 4 is 22.6 Å². The molecule has 0 aromatic carbocycles. The maximum atomic E-state index is 9.31. The molecule has 0 spiro atoms.